The quantitative estimate of drug-likeness (QED) is 0.774. The lowest BCUT2D eigenvalue weighted by Crippen LogP contribution is -2.41. The highest BCUT2D eigenvalue weighted by Crippen LogP contribution is 2.26. The molecule has 1 aromatic carbocycles. The first-order valence-electron chi connectivity index (χ1n) is 7.93. The van der Waals surface area contributed by atoms with E-state index in [1.165, 1.54) is 42.7 Å². The van der Waals surface area contributed by atoms with Crippen LogP contribution in [0.3, 0.4) is 0 Å². The SMILES string of the molecule is CN(Cc1c(F)cccc1Cl)S(=O)(=O)N(C)CC1CCCCC1. The van der Waals surface area contributed by atoms with Gasteiger partial charge in [0.05, 0.1) is 0 Å². The highest BCUT2D eigenvalue weighted by Gasteiger charge is 2.27. The smallest absolute Gasteiger partial charge is 0.207 e. The summed E-state index contributed by atoms with van der Waals surface area (Å²) in [5, 5.41) is 0.238. The minimum Gasteiger partial charge on any atom is -0.207 e. The Bertz CT molecular complexity index is 613. The molecule has 0 saturated heterocycles. The predicted molar refractivity (Wildman–Crippen MR) is 91.0 cm³/mol. The van der Waals surface area contributed by atoms with Crippen LogP contribution in [-0.2, 0) is 16.8 Å². The minimum absolute atomic E-state index is 0.0805. The first kappa shape index (κ1) is 18.6. The van der Waals surface area contributed by atoms with Crippen LogP contribution in [0.4, 0.5) is 4.39 Å². The van der Waals surface area contributed by atoms with E-state index in [0.29, 0.717) is 12.5 Å². The minimum atomic E-state index is -3.63. The van der Waals surface area contributed by atoms with Gasteiger partial charge in [-0.1, -0.05) is 36.9 Å². The van der Waals surface area contributed by atoms with Crippen molar-refractivity contribution in [1.29, 1.82) is 0 Å². The van der Waals surface area contributed by atoms with Crippen molar-refractivity contribution in [2.75, 3.05) is 20.6 Å². The molecular formula is C16H24ClFN2O2S. The van der Waals surface area contributed by atoms with Gasteiger partial charge in [-0.2, -0.15) is 17.0 Å². The second-order valence-electron chi connectivity index (χ2n) is 6.25. The molecule has 0 N–H and O–H groups in total. The average molecular weight is 363 g/mol. The predicted octanol–water partition coefficient (Wildman–Crippen LogP) is 3.67. The standard InChI is InChI=1S/C16H24ClFN2O2S/c1-19(11-13-7-4-3-5-8-13)23(21,22)20(2)12-14-15(17)9-6-10-16(14)18/h6,9-10,13H,3-5,7-8,11-12H2,1-2H3. The summed E-state index contributed by atoms with van der Waals surface area (Å²) in [6.07, 6.45) is 5.71. The van der Waals surface area contributed by atoms with Gasteiger partial charge >= 0.3 is 0 Å². The first-order chi connectivity index (χ1) is 10.8. The zero-order valence-electron chi connectivity index (χ0n) is 13.6. The van der Waals surface area contributed by atoms with E-state index in [9.17, 15) is 12.8 Å². The molecule has 0 bridgehead atoms. The molecule has 1 fully saturated rings. The van der Waals surface area contributed by atoms with Gasteiger partial charge in [-0.3, -0.25) is 0 Å². The van der Waals surface area contributed by atoms with Gasteiger partial charge in [0.2, 0.25) is 0 Å². The van der Waals surface area contributed by atoms with E-state index in [1.807, 2.05) is 0 Å². The summed E-state index contributed by atoms with van der Waals surface area (Å²) in [6, 6.07) is 4.35. The molecule has 0 radical (unpaired) electrons. The summed E-state index contributed by atoms with van der Waals surface area (Å²) in [7, 11) is -0.588. The monoisotopic (exact) mass is 362 g/mol. The third-order valence-corrected chi connectivity index (χ3v) is 6.68. The molecule has 130 valence electrons. The van der Waals surface area contributed by atoms with Crippen LogP contribution in [0.15, 0.2) is 18.2 Å². The Labute approximate surface area is 143 Å². The summed E-state index contributed by atoms with van der Waals surface area (Å²) in [6.45, 7) is 0.431. The van der Waals surface area contributed by atoms with Crippen LogP contribution in [-0.4, -0.2) is 37.7 Å². The van der Waals surface area contributed by atoms with Crippen molar-refractivity contribution >= 4 is 21.8 Å². The maximum absolute atomic E-state index is 13.9. The lowest BCUT2D eigenvalue weighted by atomic mass is 9.89. The second-order valence-corrected chi connectivity index (χ2v) is 8.80. The third kappa shape index (κ3) is 4.66. The molecule has 1 saturated carbocycles. The van der Waals surface area contributed by atoms with Gasteiger partial charge < -0.3 is 0 Å². The Morgan fingerprint density at radius 3 is 2.43 bits per heavy atom. The van der Waals surface area contributed by atoms with Crippen LogP contribution in [0.2, 0.25) is 5.02 Å². The fourth-order valence-electron chi connectivity index (χ4n) is 3.05. The lowest BCUT2D eigenvalue weighted by Gasteiger charge is -2.29. The number of hydrogen-bond donors (Lipinski definition) is 0. The molecule has 0 aromatic heterocycles. The molecule has 0 spiro atoms. The number of hydrogen-bond acceptors (Lipinski definition) is 2. The van der Waals surface area contributed by atoms with Crippen molar-refractivity contribution < 1.29 is 12.8 Å². The normalized spacial score (nSPS) is 17.1. The van der Waals surface area contributed by atoms with Gasteiger partial charge in [0.15, 0.2) is 0 Å². The highest BCUT2D eigenvalue weighted by molar-refractivity contribution is 7.86. The Morgan fingerprint density at radius 2 is 1.83 bits per heavy atom. The Hall–Kier alpha value is -0.690. The zero-order chi connectivity index (χ0) is 17.0. The second kappa shape index (κ2) is 7.92. The molecule has 1 aromatic rings. The average Bonchev–Trinajstić information content (AvgIpc) is 2.51. The molecule has 7 heteroatoms. The van der Waals surface area contributed by atoms with Crippen molar-refractivity contribution in [1.82, 2.24) is 8.61 Å². The molecular weight excluding hydrogens is 339 g/mol. The molecule has 1 aliphatic rings. The van der Waals surface area contributed by atoms with Gasteiger partial charge in [0.25, 0.3) is 10.2 Å². The van der Waals surface area contributed by atoms with E-state index in [-0.39, 0.29) is 17.1 Å². The van der Waals surface area contributed by atoms with Crippen LogP contribution in [0.1, 0.15) is 37.7 Å². The van der Waals surface area contributed by atoms with Crippen molar-refractivity contribution in [3.8, 4) is 0 Å². The Kier molecular flexibility index (Phi) is 6.42. The van der Waals surface area contributed by atoms with Crippen LogP contribution in [0.5, 0.6) is 0 Å². The molecule has 0 unspecified atom stereocenters. The maximum Gasteiger partial charge on any atom is 0.281 e. The third-order valence-electron chi connectivity index (χ3n) is 4.47. The molecule has 0 aliphatic heterocycles. The van der Waals surface area contributed by atoms with Crippen LogP contribution in [0, 0.1) is 11.7 Å². The van der Waals surface area contributed by atoms with Crippen molar-refractivity contribution in [2.24, 2.45) is 5.92 Å². The number of halogens is 2. The van der Waals surface area contributed by atoms with Gasteiger partial charge in [0.1, 0.15) is 5.82 Å². The molecule has 0 atom stereocenters. The lowest BCUT2D eigenvalue weighted by molar-refractivity contribution is 0.287. The Balaban J connectivity index is 2.05. The Morgan fingerprint density at radius 1 is 1.17 bits per heavy atom. The van der Waals surface area contributed by atoms with E-state index in [0.717, 1.165) is 17.1 Å². The summed E-state index contributed by atoms with van der Waals surface area (Å²) in [5.41, 5.74) is 0.200. The van der Waals surface area contributed by atoms with E-state index in [4.69, 9.17) is 11.6 Å². The first-order valence-corrected chi connectivity index (χ1v) is 9.70. The van der Waals surface area contributed by atoms with Gasteiger partial charge in [-0.05, 0) is 30.9 Å². The van der Waals surface area contributed by atoms with E-state index in [1.54, 1.807) is 13.1 Å². The van der Waals surface area contributed by atoms with Crippen molar-refractivity contribution in [3.05, 3.63) is 34.6 Å². The zero-order valence-corrected chi connectivity index (χ0v) is 15.2. The van der Waals surface area contributed by atoms with Gasteiger partial charge in [-0.15, -0.1) is 0 Å². The summed E-state index contributed by atoms with van der Waals surface area (Å²) < 4.78 is 41.6. The van der Waals surface area contributed by atoms with E-state index >= 15 is 0 Å². The van der Waals surface area contributed by atoms with Gasteiger partial charge in [0, 0.05) is 37.8 Å². The largest absolute Gasteiger partial charge is 0.281 e. The number of benzene rings is 1. The van der Waals surface area contributed by atoms with Crippen LogP contribution < -0.4 is 0 Å². The summed E-state index contributed by atoms with van der Waals surface area (Å²) >= 11 is 5.98. The van der Waals surface area contributed by atoms with Crippen LogP contribution >= 0.6 is 11.6 Å². The van der Waals surface area contributed by atoms with Crippen molar-refractivity contribution in [3.63, 3.8) is 0 Å². The van der Waals surface area contributed by atoms with E-state index < -0.39 is 16.0 Å². The topological polar surface area (TPSA) is 40.6 Å². The molecule has 0 heterocycles. The fourth-order valence-corrected chi connectivity index (χ4v) is 4.44. The molecule has 23 heavy (non-hydrogen) atoms. The summed E-state index contributed by atoms with van der Waals surface area (Å²) in [5.74, 6) is -0.0801. The van der Waals surface area contributed by atoms with Gasteiger partial charge in [-0.25, -0.2) is 4.39 Å². The van der Waals surface area contributed by atoms with Crippen LogP contribution in [0.25, 0.3) is 0 Å². The van der Waals surface area contributed by atoms with Crippen molar-refractivity contribution in [2.45, 2.75) is 38.6 Å². The molecule has 1 aliphatic carbocycles. The number of nitrogens with zero attached hydrogens (tertiary/aromatic N) is 2. The molecule has 4 nitrogen and oxygen atoms in total. The maximum atomic E-state index is 13.9. The fraction of sp³-hybridized carbons (Fsp3) is 0.625. The molecule has 0 amide bonds. The van der Waals surface area contributed by atoms with E-state index in [2.05, 4.69) is 0 Å². The summed E-state index contributed by atoms with van der Waals surface area (Å²) in [4.78, 5) is 0. The molecule has 2 rings (SSSR count). The number of rotatable bonds is 6. The highest BCUT2D eigenvalue weighted by atomic mass is 35.5.